The average molecular weight is 450 g/mol. The molecule has 6 rings (SSSR count). The number of ether oxygens (including phenoxy) is 1. The van der Waals surface area contributed by atoms with Gasteiger partial charge in [0.25, 0.3) is 5.56 Å². The number of benzene rings is 2. The van der Waals surface area contributed by atoms with Crippen molar-refractivity contribution in [2.75, 3.05) is 6.61 Å². The van der Waals surface area contributed by atoms with Gasteiger partial charge in [0.05, 0.1) is 34.4 Å². The zero-order valence-electron chi connectivity index (χ0n) is 16.8. The zero-order valence-corrected chi connectivity index (χ0v) is 17.6. The average Bonchev–Trinajstić information content (AvgIpc) is 3.42. The summed E-state index contributed by atoms with van der Waals surface area (Å²) < 4.78 is 22.8. The van der Waals surface area contributed by atoms with E-state index in [-0.39, 0.29) is 16.7 Å². The predicted molar refractivity (Wildman–Crippen MR) is 120 cm³/mol. The van der Waals surface area contributed by atoms with Gasteiger partial charge in [-0.15, -0.1) is 0 Å². The highest BCUT2D eigenvalue weighted by atomic mass is 35.5. The Morgan fingerprint density at radius 1 is 1.12 bits per heavy atom. The summed E-state index contributed by atoms with van der Waals surface area (Å²) in [6.07, 6.45) is 3.40. The largest absolute Gasteiger partial charge is 0.376 e. The van der Waals surface area contributed by atoms with Crippen molar-refractivity contribution in [3.05, 3.63) is 70.0 Å². The summed E-state index contributed by atoms with van der Waals surface area (Å²) >= 11 is 6.06. The van der Waals surface area contributed by atoms with Gasteiger partial charge in [0.1, 0.15) is 23.0 Å². The first-order valence-corrected chi connectivity index (χ1v) is 10.7. The first-order chi connectivity index (χ1) is 15.6. The molecule has 1 fully saturated rings. The van der Waals surface area contributed by atoms with Crippen LogP contribution in [0.25, 0.3) is 38.9 Å². The summed E-state index contributed by atoms with van der Waals surface area (Å²) in [6, 6.07) is 11.8. The van der Waals surface area contributed by atoms with Gasteiger partial charge in [-0.1, -0.05) is 23.7 Å². The molecular formula is C23H17ClFN5O2. The van der Waals surface area contributed by atoms with Crippen LogP contribution in [-0.4, -0.2) is 36.8 Å². The van der Waals surface area contributed by atoms with Crippen LogP contribution in [0.4, 0.5) is 4.39 Å². The Morgan fingerprint density at radius 2 is 1.94 bits per heavy atom. The molecule has 0 radical (unpaired) electrons. The van der Waals surface area contributed by atoms with Crippen LogP contribution in [0.3, 0.4) is 0 Å². The van der Waals surface area contributed by atoms with Crippen LogP contribution in [0.1, 0.15) is 12.8 Å². The maximum Gasteiger partial charge on any atom is 0.265 e. The summed E-state index contributed by atoms with van der Waals surface area (Å²) in [5.74, 6) is -0.528. The second-order valence-corrected chi connectivity index (χ2v) is 8.26. The van der Waals surface area contributed by atoms with Crippen molar-refractivity contribution in [2.24, 2.45) is 0 Å². The van der Waals surface area contributed by atoms with Gasteiger partial charge in [-0.05, 0) is 43.2 Å². The smallest absolute Gasteiger partial charge is 0.265 e. The predicted octanol–water partition coefficient (Wildman–Crippen LogP) is 4.26. The summed E-state index contributed by atoms with van der Waals surface area (Å²) in [4.78, 5) is 27.6. The van der Waals surface area contributed by atoms with Crippen molar-refractivity contribution in [3.8, 4) is 5.69 Å². The highest BCUT2D eigenvalue weighted by Crippen LogP contribution is 2.30. The lowest BCUT2D eigenvalue weighted by Gasteiger charge is -2.11. The van der Waals surface area contributed by atoms with Crippen LogP contribution in [0.15, 0.2) is 53.6 Å². The first-order valence-electron chi connectivity index (χ1n) is 10.3. The van der Waals surface area contributed by atoms with Crippen molar-refractivity contribution < 1.29 is 9.13 Å². The summed E-state index contributed by atoms with van der Waals surface area (Å²) in [6.45, 7) is 1.13. The van der Waals surface area contributed by atoms with E-state index in [4.69, 9.17) is 26.3 Å². The molecule has 7 nitrogen and oxygen atoms in total. The summed E-state index contributed by atoms with van der Waals surface area (Å²) in [7, 11) is 0. The third-order valence-electron chi connectivity index (χ3n) is 5.82. The molecule has 0 amide bonds. The summed E-state index contributed by atoms with van der Waals surface area (Å²) in [5, 5.41) is 0.331. The first kappa shape index (κ1) is 19.3. The van der Waals surface area contributed by atoms with E-state index >= 15 is 0 Å². The normalized spacial score (nSPS) is 16.5. The fourth-order valence-electron chi connectivity index (χ4n) is 4.28. The zero-order chi connectivity index (χ0) is 21.8. The Morgan fingerprint density at radius 3 is 2.69 bits per heavy atom. The van der Waals surface area contributed by atoms with E-state index in [2.05, 4.69) is 4.98 Å². The van der Waals surface area contributed by atoms with E-state index in [1.165, 1.54) is 18.5 Å². The molecule has 0 spiro atoms. The van der Waals surface area contributed by atoms with Crippen LogP contribution in [0, 0.1) is 5.82 Å². The number of halogens is 2. The molecule has 0 unspecified atom stereocenters. The van der Waals surface area contributed by atoms with E-state index < -0.39 is 5.82 Å². The molecular weight excluding hydrogens is 433 g/mol. The monoisotopic (exact) mass is 449 g/mol. The van der Waals surface area contributed by atoms with Gasteiger partial charge in [-0.3, -0.25) is 13.9 Å². The van der Waals surface area contributed by atoms with Crippen LogP contribution in [0.2, 0.25) is 5.02 Å². The molecule has 1 atom stereocenters. The number of hydrogen-bond donors (Lipinski definition) is 0. The molecule has 0 N–H and O–H groups in total. The van der Waals surface area contributed by atoms with E-state index in [1.54, 1.807) is 15.2 Å². The van der Waals surface area contributed by atoms with Crippen molar-refractivity contribution in [3.63, 3.8) is 0 Å². The van der Waals surface area contributed by atoms with Crippen molar-refractivity contribution >= 4 is 44.8 Å². The highest BCUT2D eigenvalue weighted by Gasteiger charge is 2.23. The molecule has 1 aliphatic heterocycles. The molecule has 2 aromatic carbocycles. The van der Waals surface area contributed by atoms with E-state index in [0.717, 1.165) is 12.8 Å². The highest BCUT2D eigenvalue weighted by molar-refractivity contribution is 6.31. The van der Waals surface area contributed by atoms with Gasteiger partial charge < -0.3 is 4.74 Å². The lowest BCUT2D eigenvalue weighted by Crippen LogP contribution is -2.26. The second kappa shape index (κ2) is 7.36. The number of rotatable bonds is 3. The Balaban J connectivity index is 1.69. The third-order valence-corrected chi connectivity index (χ3v) is 6.11. The minimum atomic E-state index is -0.528. The van der Waals surface area contributed by atoms with Gasteiger partial charge in [0.2, 0.25) is 0 Å². The molecule has 0 bridgehead atoms. The fraction of sp³-hybridized carbons (Fsp3) is 0.217. The second-order valence-electron chi connectivity index (χ2n) is 7.85. The molecule has 1 saturated heterocycles. The van der Waals surface area contributed by atoms with E-state index in [9.17, 15) is 9.18 Å². The molecule has 0 aliphatic carbocycles. The standard InChI is InChI=1S/C23H17ClFN5O2/c24-15-10-13(7-8-16(15)25)30-21-19(20-22(30)28-18-6-2-1-5-17(18)27-20)23(31)29(12-26-21)11-14-4-3-9-32-14/h1-2,5-8,10,12,14H,3-4,9,11H2/t14-/m0/s1. The van der Waals surface area contributed by atoms with Gasteiger partial charge in [0, 0.05) is 6.61 Å². The molecule has 9 heteroatoms. The third kappa shape index (κ3) is 2.98. The molecule has 32 heavy (non-hydrogen) atoms. The molecule has 1 aliphatic rings. The van der Waals surface area contributed by atoms with Crippen molar-refractivity contribution in [1.29, 1.82) is 0 Å². The summed E-state index contributed by atoms with van der Waals surface area (Å²) in [5.41, 5.74) is 2.98. The van der Waals surface area contributed by atoms with Crippen molar-refractivity contribution in [2.45, 2.75) is 25.5 Å². The van der Waals surface area contributed by atoms with E-state index in [0.29, 0.717) is 52.1 Å². The van der Waals surface area contributed by atoms with Crippen LogP contribution < -0.4 is 5.56 Å². The van der Waals surface area contributed by atoms with Gasteiger partial charge in [-0.25, -0.2) is 19.3 Å². The number of aromatic nitrogens is 5. The SMILES string of the molecule is O=c1c2c3nc4ccccc4nc3n(-c3ccc(F)c(Cl)c3)c2ncn1C[C@@H]1CCCO1. The molecule has 4 heterocycles. The Bertz CT molecular complexity index is 1570. The maximum absolute atomic E-state index is 13.8. The molecule has 0 saturated carbocycles. The van der Waals surface area contributed by atoms with Crippen LogP contribution in [-0.2, 0) is 11.3 Å². The van der Waals surface area contributed by atoms with Crippen molar-refractivity contribution in [1.82, 2.24) is 24.1 Å². The molecule has 5 aromatic rings. The minimum Gasteiger partial charge on any atom is -0.376 e. The molecule has 3 aromatic heterocycles. The lowest BCUT2D eigenvalue weighted by molar-refractivity contribution is 0.0960. The molecule has 160 valence electrons. The number of para-hydroxylation sites is 2. The van der Waals surface area contributed by atoms with Gasteiger partial charge in [-0.2, -0.15) is 0 Å². The number of hydrogen-bond acceptors (Lipinski definition) is 5. The minimum absolute atomic E-state index is 0.0110. The van der Waals surface area contributed by atoms with Crippen LogP contribution in [0.5, 0.6) is 0 Å². The lowest BCUT2D eigenvalue weighted by atomic mass is 10.2. The van der Waals surface area contributed by atoms with Crippen LogP contribution >= 0.6 is 11.6 Å². The number of fused-ring (bicyclic) bond motifs is 4. The Kier molecular flexibility index (Phi) is 4.44. The Labute approximate surface area is 186 Å². The van der Waals surface area contributed by atoms with Gasteiger partial charge >= 0.3 is 0 Å². The fourth-order valence-corrected chi connectivity index (χ4v) is 4.45. The van der Waals surface area contributed by atoms with Gasteiger partial charge in [0.15, 0.2) is 11.3 Å². The Hall–Kier alpha value is -3.36. The van der Waals surface area contributed by atoms with E-state index in [1.807, 2.05) is 24.3 Å². The topological polar surface area (TPSA) is 74.8 Å². The number of nitrogens with zero attached hydrogens (tertiary/aromatic N) is 5. The maximum atomic E-state index is 13.8. The quantitative estimate of drug-likeness (QED) is 0.411.